The minimum absolute atomic E-state index is 0.0234. The zero-order valence-electron chi connectivity index (χ0n) is 18.9. The molecule has 2 heterocycles. The summed E-state index contributed by atoms with van der Waals surface area (Å²) in [6, 6.07) is 6.37. The Balaban J connectivity index is 1.60. The van der Waals surface area contributed by atoms with E-state index >= 15 is 0 Å². The average molecular weight is 477 g/mol. The van der Waals surface area contributed by atoms with Crippen molar-refractivity contribution < 1.29 is 32.3 Å². The second kappa shape index (κ2) is 11.1. The van der Waals surface area contributed by atoms with Crippen molar-refractivity contribution in [2.24, 2.45) is 5.92 Å². The third-order valence-electron chi connectivity index (χ3n) is 5.62. The zero-order valence-corrected chi connectivity index (χ0v) is 18.9. The van der Waals surface area contributed by atoms with Crippen LogP contribution in [0.25, 0.3) is 0 Å². The molecule has 2 amide bonds. The molecule has 0 saturated carbocycles. The molecule has 1 aliphatic heterocycles. The van der Waals surface area contributed by atoms with E-state index in [0.29, 0.717) is 6.42 Å². The number of hydrogen-bond acceptors (Lipinski definition) is 5. The van der Waals surface area contributed by atoms with Crippen LogP contribution in [0.15, 0.2) is 36.4 Å². The molecule has 0 unspecified atom stereocenters. The van der Waals surface area contributed by atoms with E-state index in [9.17, 15) is 27.6 Å². The van der Waals surface area contributed by atoms with Crippen LogP contribution >= 0.6 is 0 Å². The molecule has 3 rings (SSSR count). The first kappa shape index (κ1) is 25.2. The molecule has 1 saturated heterocycles. The third kappa shape index (κ3) is 6.33. The van der Waals surface area contributed by atoms with Crippen LogP contribution < -0.4 is 5.32 Å². The Morgan fingerprint density at radius 3 is 2.62 bits per heavy atom. The number of carbonyl (C=O) groups is 3. The predicted octanol–water partition coefficient (Wildman–Crippen LogP) is 3.26. The smallest absolute Gasteiger partial charge is 0.329 e. The van der Waals surface area contributed by atoms with Crippen molar-refractivity contribution in [3.8, 4) is 0 Å². The number of hydrogen-bond donors (Lipinski definition) is 1. The van der Waals surface area contributed by atoms with Crippen LogP contribution in [0.2, 0.25) is 0 Å². The van der Waals surface area contributed by atoms with Gasteiger partial charge in [-0.25, -0.2) is 18.6 Å². The molecule has 1 fully saturated rings. The summed E-state index contributed by atoms with van der Waals surface area (Å²) in [5, 5.41) is 2.63. The topological polar surface area (TPSA) is 88.6 Å². The highest BCUT2D eigenvalue weighted by Gasteiger charge is 2.34. The van der Waals surface area contributed by atoms with Crippen LogP contribution in [0, 0.1) is 23.5 Å². The molecule has 0 spiro atoms. The second-order valence-corrected chi connectivity index (χ2v) is 8.48. The van der Waals surface area contributed by atoms with Gasteiger partial charge in [0.2, 0.25) is 17.8 Å². The Morgan fingerprint density at radius 2 is 1.91 bits per heavy atom. The number of ether oxygens (including phenoxy) is 1. The normalized spacial score (nSPS) is 16.6. The van der Waals surface area contributed by atoms with Crippen molar-refractivity contribution in [3.05, 3.63) is 65.2 Å². The number of halogens is 3. The second-order valence-electron chi connectivity index (χ2n) is 8.48. The molecular weight excluding hydrogens is 451 g/mol. The molecule has 1 aromatic carbocycles. The van der Waals surface area contributed by atoms with E-state index in [2.05, 4.69) is 10.3 Å². The zero-order chi connectivity index (χ0) is 24.8. The summed E-state index contributed by atoms with van der Waals surface area (Å²) in [5.74, 6) is -4.48. The largest absolute Gasteiger partial charge is 0.458 e. The quantitative estimate of drug-likeness (QED) is 0.443. The van der Waals surface area contributed by atoms with Crippen LogP contribution in [0.4, 0.5) is 13.2 Å². The number of aromatic nitrogens is 1. The molecule has 1 aromatic heterocycles. The van der Waals surface area contributed by atoms with Gasteiger partial charge in [0.1, 0.15) is 12.6 Å². The van der Waals surface area contributed by atoms with Crippen molar-refractivity contribution in [3.63, 3.8) is 0 Å². The Morgan fingerprint density at radius 1 is 1.18 bits per heavy atom. The van der Waals surface area contributed by atoms with E-state index in [1.165, 1.54) is 35.2 Å². The molecule has 0 radical (unpaired) electrons. The molecular formula is C24H26F3N3O4. The van der Waals surface area contributed by atoms with Crippen LogP contribution in [-0.4, -0.2) is 39.8 Å². The first-order valence-corrected chi connectivity index (χ1v) is 11.0. The van der Waals surface area contributed by atoms with Crippen molar-refractivity contribution in [1.82, 2.24) is 15.2 Å². The van der Waals surface area contributed by atoms with E-state index in [-0.39, 0.29) is 49.1 Å². The molecule has 10 heteroatoms. The van der Waals surface area contributed by atoms with E-state index in [1.807, 2.05) is 0 Å². The van der Waals surface area contributed by atoms with Crippen LogP contribution in [0.3, 0.4) is 0 Å². The van der Waals surface area contributed by atoms with Gasteiger partial charge < -0.3 is 15.0 Å². The van der Waals surface area contributed by atoms with E-state index < -0.39 is 41.5 Å². The fourth-order valence-corrected chi connectivity index (χ4v) is 3.79. The first-order chi connectivity index (χ1) is 16.2. The lowest BCUT2D eigenvalue weighted by Crippen LogP contribution is -2.47. The fraction of sp³-hybridized carbons (Fsp3) is 0.417. The van der Waals surface area contributed by atoms with Crippen molar-refractivity contribution in [1.29, 1.82) is 0 Å². The first-order valence-electron chi connectivity index (χ1n) is 11.0. The monoisotopic (exact) mass is 477 g/mol. The van der Waals surface area contributed by atoms with Gasteiger partial charge in [-0.05, 0) is 30.5 Å². The maximum Gasteiger partial charge on any atom is 0.329 e. The molecule has 7 nitrogen and oxygen atoms in total. The standard InChI is InChI=1S/C24H26F3N3O4/c1-14(2)23(24(33)34-13-16-6-4-8-19(26)28-16)29-20(31)11-17-9-10-21(32)30(17)12-15-5-3-7-18(25)22(15)27/h3-8,14,17,23H,9-13H2,1-2H3,(H,29,31)/t17-,23-/m0/s1. The molecule has 182 valence electrons. The lowest BCUT2D eigenvalue weighted by atomic mass is 10.0. The highest BCUT2D eigenvalue weighted by Crippen LogP contribution is 2.25. The Hall–Kier alpha value is -3.43. The summed E-state index contributed by atoms with van der Waals surface area (Å²) in [6.07, 6.45) is 0.459. The van der Waals surface area contributed by atoms with Gasteiger partial charge in [0.25, 0.3) is 0 Å². The minimum atomic E-state index is -1.03. The number of esters is 1. The lowest BCUT2D eigenvalue weighted by Gasteiger charge is -2.26. The van der Waals surface area contributed by atoms with Crippen LogP contribution in [0.1, 0.15) is 44.4 Å². The lowest BCUT2D eigenvalue weighted by molar-refractivity contribution is -0.150. The number of benzene rings is 1. The highest BCUT2D eigenvalue weighted by atomic mass is 19.2. The average Bonchev–Trinajstić information content (AvgIpc) is 3.12. The summed E-state index contributed by atoms with van der Waals surface area (Å²) in [5.41, 5.74) is 0.252. The van der Waals surface area contributed by atoms with Gasteiger partial charge in [-0.1, -0.05) is 32.0 Å². The van der Waals surface area contributed by atoms with Crippen molar-refractivity contribution in [2.45, 2.75) is 58.3 Å². The van der Waals surface area contributed by atoms with Crippen molar-refractivity contribution in [2.75, 3.05) is 0 Å². The SMILES string of the molecule is CC(C)[C@H](NC(=O)C[C@@H]1CCC(=O)N1Cc1cccc(F)c1F)C(=O)OCc1cccc(F)n1. The molecule has 1 aliphatic rings. The van der Waals surface area contributed by atoms with Gasteiger partial charge in [0, 0.05) is 31.0 Å². The Labute approximate surface area is 195 Å². The Bertz CT molecular complexity index is 1060. The summed E-state index contributed by atoms with van der Waals surface area (Å²) in [6.45, 7) is 3.05. The van der Waals surface area contributed by atoms with Crippen LogP contribution in [-0.2, 0) is 32.3 Å². The molecule has 1 N–H and O–H groups in total. The summed E-state index contributed by atoms with van der Waals surface area (Å²) >= 11 is 0. The molecule has 0 bridgehead atoms. The maximum absolute atomic E-state index is 14.1. The van der Waals surface area contributed by atoms with Gasteiger partial charge in [0.05, 0.1) is 5.69 Å². The summed E-state index contributed by atoms with van der Waals surface area (Å²) in [7, 11) is 0. The highest BCUT2D eigenvalue weighted by molar-refractivity contribution is 5.86. The maximum atomic E-state index is 14.1. The van der Waals surface area contributed by atoms with Crippen LogP contribution in [0.5, 0.6) is 0 Å². The number of pyridine rings is 1. The van der Waals surface area contributed by atoms with Gasteiger partial charge in [-0.3, -0.25) is 9.59 Å². The molecule has 2 atom stereocenters. The predicted molar refractivity (Wildman–Crippen MR) is 115 cm³/mol. The van der Waals surface area contributed by atoms with Gasteiger partial charge >= 0.3 is 5.97 Å². The van der Waals surface area contributed by atoms with E-state index in [0.717, 1.165) is 6.07 Å². The van der Waals surface area contributed by atoms with Gasteiger partial charge in [0.15, 0.2) is 11.6 Å². The molecule has 34 heavy (non-hydrogen) atoms. The van der Waals surface area contributed by atoms with E-state index in [1.54, 1.807) is 13.8 Å². The van der Waals surface area contributed by atoms with E-state index in [4.69, 9.17) is 4.74 Å². The number of amides is 2. The third-order valence-corrected chi connectivity index (χ3v) is 5.62. The number of rotatable bonds is 9. The molecule has 0 aliphatic carbocycles. The number of carbonyl (C=O) groups excluding carboxylic acids is 3. The molecule has 2 aromatic rings. The number of nitrogens with one attached hydrogen (secondary N) is 1. The number of nitrogens with zero attached hydrogens (tertiary/aromatic N) is 2. The van der Waals surface area contributed by atoms with Gasteiger partial charge in [-0.15, -0.1) is 0 Å². The summed E-state index contributed by atoms with van der Waals surface area (Å²) in [4.78, 5) is 42.6. The fourth-order valence-electron chi connectivity index (χ4n) is 3.79. The van der Waals surface area contributed by atoms with Gasteiger partial charge in [-0.2, -0.15) is 4.39 Å². The Kier molecular flexibility index (Phi) is 8.25. The minimum Gasteiger partial charge on any atom is -0.458 e. The van der Waals surface area contributed by atoms with Crippen molar-refractivity contribution >= 4 is 17.8 Å². The number of likely N-dealkylation sites (tertiary alicyclic amines) is 1. The summed E-state index contributed by atoms with van der Waals surface area (Å²) < 4.78 is 46.0.